The highest BCUT2D eigenvalue weighted by molar-refractivity contribution is 5.75. The van der Waals surface area contributed by atoms with Gasteiger partial charge in [-0.2, -0.15) is 0 Å². The predicted molar refractivity (Wildman–Crippen MR) is 73.2 cm³/mol. The molecule has 1 atom stereocenters. The summed E-state index contributed by atoms with van der Waals surface area (Å²) in [5.74, 6) is -0.229. The largest absolute Gasteiger partial charge is 0.370 e. The first-order valence-corrected chi connectivity index (χ1v) is 6.80. The van der Waals surface area contributed by atoms with E-state index in [4.69, 9.17) is 5.73 Å². The Bertz CT molecular complexity index is 430. The molecular formula is C15H22N2O. The van der Waals surface area contributed by atoms with Crippen molar-refractivity contribution in [2.45, 2.75) is 44.6 Å². The quantitative estimate of drug-likeness (QED) is 0.799. The number of hydrogen-bond acceptors (Lipinski definition) is 2. The lowest BCUT2D eigenvalue weighted by Gasteiger charge is -2.34. The van der Waals surface area contributed by atoms with Gasteiger partial charge in [-0.25, -0.2) is 0 Å². The molecule has 1 amide bonds. The van der Waals surface area contributed by atoms with Crippen LogP contribution in [-0.4, -0.2) is 12.5 Å². The van der Waals surface area contributed by atoms with Crippen molar-refractivity contribution in [3.8, 4) is 0 Å². The average molecular weight is 246 g/mol. The molecule has 3 N–H and O–H groups in total. The Balaban J connectivity index is 2.46. The predicted octanol–water partition coefficient (Wildman–Crippen LogP) is 2.09. The van der Waals surface area contributed by atoms with Crippen LogP contribution in [0.4, 0.5) is 0 Å². The molecule has 0 saturated heterocycles. The molecule has 0 aliphatic heterocycles. The molecule has 0 heterocycles. The summed E-state index contributed by atoms with van der Waals surface area (Å²) >= 11 is 0. The van der Waals surface area contributed by atoms with E-state index in [1.807, 2.05) is 0 Å². The van der Waals surface area contributed by atoms with Crippen molar-refractivity contribution in [1.82, 2.24) is 5.32 Å². The van der Waals surface area contributed by atoms with Gasteiger partial charge in [-0.3, -0.25) is 4.79 Å². The first kappa shape index (κ1) is 13.1. The van der Waals surface area contributed by atoms with Gasteiger partial charge in [0, 0.05) is 6.42 Å². The Labute approximate surface area is 109 Å². The molecule has 18 heavy (non-hydrogen) atoms. The first-order valence-electron chi connectivity index (χ1n) is 6.80. The number of hydrogen-bond donors (Lipinski definition) is 2. The summed E-state index contributed by atoms with van der Waals surface area (Å²) in [6.45, 7) is 2.93. The van der Waals surface area contributed by atoms with Gasteiger partial charge in [0.1, 0.15) is 0 Å². The Morgan fingerprint density at radius 3 is 2.89 bits per heavy atom. The van der Waals surface area contributed by atoms with Crippen LogP contribution in [0.5, 0.6) is 0 Å². The third-order valence-electron chi connectivity index (χ3n) is 3.82. The number of benzene rings is 1. The van der Waals surface area contributed by atoms with Crippen molar-refractivity contribution >= 4 is 5.91 Å². The van der Waals surface area contributed by atoms with E-state index in [9.17, 15) is 4.79 Å². The van der Waals surface area contributed by atoms with Crippen LogP contribution in [0.3, 0.4) is 0 Å². The van der Waals surface area contributed by atoms with E-state index in [2.05, 4.69) is 36.5 Å². The van der Waals surface area contributed by atoms with Crippen molar-refractivity contribution in [2.75, 3.05) is 6.54 Å². The first-order chi connectivity index (χ1) is 8.68. The second-order valence-electron chi connectivity index (χ2n) is 5.12. The number of amides is 1. The van der Waals surface area contributed by atoms with Crippen LogP contribution in [0, 0.1) is 0 Å². The lowest BCUT2D eigenvalue weighted by atomic mass is 9.81. The van der Waals surface area contributed by atoms with Gasteiger partial charge in [0.15, 0.2) is 0 Å². The van der Waals surface area contributed by atoms with E-state index in [0.29, 0.717) is 6.42 Å². The van der Waals surface area contributed by atoms with Crippen molar-refractivity contribution in [1.29, 1.82) is 0 Å². The van der Waals surface area contributed by atoms with Crippen molar-refractivity contribution in [3.05, 3.63) is 35.4 Å². The smallest absolute Gasteiger partial charge is 0.219 e. The fourth-order valence-electron chi connectivity index (χ4n) is 3.15. The molecule has 0 spiro atoms. The number of nitrogens with one attached hydrogen (secondary N) is 1. The zero-order chi connectivity index (χ0) is 13.0. The molecular weight excluding hydrogens is 224 g/mol. The van der Waals surface area contributed by atoms with E-state index in [-0.39, 0.29) is 11.4 Å². The molecule has 0 aromatic heterocycles. The fraction of sp³-hybridized carbons (Fsp3) is 0.533. The third kappa shape index (κ3) is 2.56. The zero-order valence-corrected chi connectivity index (χ0v) is 11.0. The van der Waals surface area contributed by atoms with E-state index in [1.165, 1.54) is 17.5 Å². The minimum Gasteiger partial charge on any atom is -0.370 e. The number of carbonyl (C=O) groups excluding carboxylic acids is 1. The molecule has 1 unspecified atom stereocenters. The lowest BCUT2D eigenvalue weighted by Crippen LogP contribution is -2.45. The molecule has 1 aliphatic rings. The van der Waals surface area contributed by atoms with Crippen LogP contribution < -0.4 is 11.1 Å². The van der Waals surface area contributed by atoms with Crippen LogP contribution in [0.15, 0.2) is 24.3 Å². The van der Waals surface area contributed by atoms with Crippen LogP contribution in [0.1, 0.15) is 43.7 Å². The molecule has 3 heteroatoms. The second-order valence-corrected chi connectivity index (χ2v) is 5.12. The maximum absolute atomic E-state index is 11.5. The fourth-order valence-corrected chi connectivity index (χ4v) is 3.15. The van der Waals surface area contributed by atoms with Gasteiger partial charge in [0.25, 0.3) is 0 Å². The van der Waals surface area contributed by atoms with E-state index in [1.54, 1.807) is 0 Å². The van der Waals surface area contributed by atoms with Crippen LogP contribution in [0.2, 0.25) is 0 Å². The topological polar surface area (TPSA) is 55.1 Å². The monoisotopic (exact) mass is 246 g/mol. The summed E-state index contributed by atoms with van der Waals surface area (Å²) in [5.41, 5.74) is 7.84. The summed E-state index contributed by atoms with van der Waals surface area (Å²) in [7, 11) is 0. The Hall–Kier alpha value is -1.35. The molecule has 98 valence electrons. The standard InChI is InChI=1S/C15H22N2O/c1-2-17-15(11-14(16)18)10-6-5-8-12-7-3-4-9-13(12)15/h3-4,7,9,17H,2,5-6,8,10-11H2,1H3,(H2,16,18). The van der Waals surface area contributed by atoms with Crippen LogP contribution in [-0.2, 0) is 16.8 Å². The molecule has 3 nitrogen and oxygen atoms in total. The van der Waals surface area contributed by atoms with Crippen molar-refractivity contribution < 1.29 is 4.79 Å². The van der Waals surface area contributed by atoms with Crippen molar-refractivity contribution in [3.63, 3.8) is 0 Å². The number of rotatable bonds is 4. The summed E-state index contributed by atoms with van der Waals surface area (Å²) in [4.78, 5) is 11.5. The number of carbonyl (C=O) groups is 1. The molecule has 1 aromatic rings. The number of fused-ring (bicyclic) bond motifs is 1. The minimum atomic E-state index is -0.256. The van der Waals surface area contributed by atoms with Gasteiger partial charge in [-0.15, -0.1) is 0 Å². The lowest BCUT2D eigenvalue weighted by molar-refractivity contribution is -0.119. The zero-order valence-electron chi connectivity index (χ0n) is 11.0. The normalized spacial score (nSPS) is 23.2. The molecule has 0 bridgehead atoms. The van der Waals surface area contributed by atoms with Gasteiger partial charge in [-0.05, 0) is 36.9 Å². The molecule has 1 aliphatic carbocycles. The van der Waals surface area contributed by atoms with E-state index >= 15 is 0 Å². The highest BCUT2D eigenvalue weighted by Gasteiger charge is 2.35. The summed E-state index contributed by atoms with van der Waals surface area (Å²) < 4.78 is 0. The Morgan fingerprint density at radius 2 is 2.17 bits per heavy atom. The Kier molecular flexibility index (Phi) is 4.02. The maximum atomic E-state index is 11.5. The Morgan fingerprint density at radius 1 is 1.39 bits per heavy atom. The average Bonchev–Trinajstić information content (AvgIpc) is 2.50. The van der Waals surface area contributed by atoms with Crippen LogP contribution in [0.25, 0.3) is 0 Å². The van der Waals surface area contributed by atoms with Crippen LogP contribution >= 0.6 is 0 Å². The minimum absolute atomic E-state index is 0.229. The summed E-state index contributed by atoms with van der Waals surface area (Å²) in [6.07, 6.45) is 4.79. The molecule has 0 radical (unpaired) electrons. The SMILES string of the molecule is CCNC1(CC(N)=O)CCCCc2ccccc21. The van der Waals surface area contributed by atoms with Gasteiger partial charge in [-0.1, -0.05) is 37.6 Å². The van der Waals surface area contributed by atoms with E-state index < -0.39 is 0 Å². The molecule has 1 aromatic carbocycles. The van der Waals surface area contributed by atoms with Gasteiger partial charge >= 0.3 is 0 Å². The number of primary amides is 1. The van der Waals surface area contributed by atoms with E-state index in [0.717, 1.165) is 25.8 Å². The second kappa shape index (κ2) is 5.53. The van der Waals surface area contributed by atoms with Gasteiger partial charge < -0.3 is 11.1 Å². The molecule has 0 fully saturated rings. The van der Waals surface area contributed by atoms with Gasteiger partial charge in [0.05, 0.1) is 5.54 Å². The summed E-state index contributed by atoms with van der Waals surface area (Å²) in [5, 5.41) is 3.52. The summed E-state index contributed by atoms with van der Waals surface area (Å²) in [6, 6.07) is 8.45. The number of nitrogens with two attached hydrogens (primary N) is 1. The van der Waals surface area contributed by atoms with Crippen molar-refractivity contribution in [2.24, 2.45) is 5.73 Å². The third-order valence-corrected chi connectivity index (χ3v) is 3.82. The maximum Gasteiger partial charge on any atom is 0.219 e. The number of aryl methyl sites for hydroxylation is 1. The highest BCUT2D eigenvalue weighted by atomic mass is 16.1. The molecule has 0 saturated carbocycles. The molecule has 2 rings (SSSR count). The van der Waals surface area contributed by atoms with Gasteiger partial charge in [0.2, 0.25) is 5.91 Å². The highest BCUT2D eigenvalue weighted by Crippen LogP contribution is 2.36.